The number of furan rings is 1. The lowest BCUT2D eigenvalue weighted by Gasteiger charge is -1.86. The molecule has 12 heavy (non-hydrogen) atoms. The highest BCUT2D eigenvalue weighted by Crippen LogP contribution is 2.17. The minimum atomic E-state index is -3.97. The van der Waals surface area contributed by atoms with Gasteiger partial charge in [0.1, 0.15) is 0 Å². The van der Waals surface area contributed by atoms with Crippen LogP contribution in [0.25, 0.3) is 0 Å². The van der Waals surface area contributed by atoms with Crippen LogP contribution in [0.2, 0.25) is 0 Å². The molecule has 0 bridgehead atoms. The van der Waals surface area contributed by atoms with Gasteiger partial charge in [-0.15, -0.1) is 0 Å². The van der Waals surface area contributed by atoms with E-state index in [-0.39, 0.29) is 0 Å². The van der Waals surface area contributed by atoms with Crippen molar-refractivity contribution < 1.29 is 22.7 Å². The van der Waals surface area contributed by atoms with Crippen LogP contribution in [-0.2, 0) is 9.05 Å². The Labute approximate surface area is 72.0 Å². The van der Waals surface area contributed by atoms with Crippen LogP contribution in [0.3, 0.4) is 0 Å². The molecule has 0 spiro atoms. The Balaban J connectivity index is 3.17. The molecule has 0 saturated carbocycles. The van der Waals surface area contributed by atoms with Crippen LogP contribution >= 0.6 is 10.7 Å². The molecule has 0 unspecified atom stereocenters. The van der Waals surface area contributed by atoms with Crippen molar-refractivity contribution in [3.05, 3.63) is 17.9 Å². The second kappa shape index (κ2) is 2.80. The van der Waals surface area contributed by atoms with Gasteiger partial charge < -0.3 is 9.52 Å². The molecule has 5 nitrogen and oxygen atoms in total. The minimum absolute atomic E-state index is 0.464. The van der Waals surface area contributed by atoms with Gasteiger partial charge in [-0.05, 0) is 12.1 Å². The average molecular weight is 211 g/mol. The van der Waals surface area contributed by atoms with Gasteiger partial charge in [0.15, 0.2) is 0 Å². The van der Waals surface area contributed by atoms with E-state index in [0.717, 1.165) is 12.1 Å². The van der Waals surface area contributed by atoms with Crippen molar-refractivity contribution in [3.63, 3.8) is 0 Å². The first-order valence-corrected chi connectivity index (χ1v) is 5.00. The van der Waals surface area contributed by atoms with Gasteiger partial charge in [-0.1, -0.05) is 0 Å². The molecule has 1 N–H and O–H groups in total. The number of hydrogen-bond donors (Lipinski definition) is 1. The number of rotatable bonds is 2. The molecule has 0 radical (unpaired) electrons. The molecule has 7 heteroatoms. The van der Waals surface area contributed by atoms with Crippen molar-refractivity contribution in [1.82, 2.24) is 0 Å². The summed E-state index contributed by atoms with van der Waals surface area (Å²) in [4.78, 5) is 10.2. The van der Waals surface area contributed by atoms with E-state index < -0.39 is 25.9 Å². The number of carbonyl (C=O) groups is 1. The SMILES string of the molecule is O=C(O)c1ccc(S(=O)(=O)Cl)o1. The van der Waals surface area contributed by atoms with Gasteiger partial charge in [0.2, 0.25) is 10.9 Å². The van der Waals surface area contributed by atoms with Crippen molar-refractivity contribution in [2.45, 2.75) is 5.09 Å². The molecule has 0 atom stereocenters. The molecule has 1 aromatic heterocycles. The fourth-order valence-corrected chi connectivity index (χ4v) is 1.23. The van der Waals surface area contributed by atoms with E-state index in [1.165, 1.54) is 0 Å². The molecule has 0 aliphatic rings. The maximum atomic E-state index is 10.5. The van der Waals surface area contributed by atoms with Gasteiger partial charge in [-0.25, -0.2) is 13.2 Å². The third-order valence-corrected chi connectivity index (χ3v) is 2.19. The second-order valence-electron chi connectivity index (χ2n) is 1.86. The van der Waals surface area contributed by atoms with E-state index in [9.17, 15) is 13.2 Å². The predicted octanol–water partition coefficient (Wildman–Crippen LogP) is 0.905. The van der Waals surface area contributed by atoms with Crippen LogP contribution in [0.1, 0.15) is 10.6 Å². The quantitative estimate of drug-likeness (QED) is 0.734. The first-order valence-electron chi connectivity index (χ1n) is 2.69. The van der Waals surface area contributed by atoms with Gasteiger partial charge in [0.25, 0.3) is 9.05 Å². The summed E-state index contributed by atoms with van der Waals surface area (Å²) in [6.45, 7) is 0. The van der Waals surface area contributed by atoms with E-state index in [1.54, 1.807) is 0 Å². The predicted molar refractivity (Wildman–Crippen MR) is 38.7 cm³/mol. The molecule has 0 fully saturated rings. The van der Waals surface area contributed by atoms with E-state index in [4.69, 9.17) is 15.8 Å². The molecule has 66 valence electrons. The lowest BCUT2D eigenvalue weighted by Crippen LogP contribution is -1.92. The Bertz CT molecular complexity index is 403. The molecule has 0 amide bonds. The highest BCUT2D eigenvalue weighted by Gasteiger charge is 2.17. The van der Waals surface area contributed by atoms with Gasteiger partial charge >= 0.3 is 5.97 Å². The van der Waals surface area contributed by atoms with Crippen molar-refractivity contribution >= 4 is 25.7 Å². The zero-order valence-corrected chi connectivity index (χ0v) is 7.09. The summed E-state index contributed by atoms with van der Waals surface area (Å²) < 4.78 is 25.5. The molecule has 0 aromatic carbocycles. The normalized spacial score (nSPS) is 11.4. The highest BCUT2D eigenvalue weighted by atomic mass is 35.7. The molecule has 0 saturated heterocycles. The van der Waals surface area contributed by atoms with Crippen molar-refractivity contribution in [2.75, 3.05) is 0 Å². The first kappa shape index (κ1) is 9.08. The van der Waals surface area contributed by atoms with Crippen molar-refractivity contribution in [1.29, 1.82) is 0 Å². The average Bonchev–Trinajstić information content (AvgIpc) is 2.30. The summed E-state index contributed by atoms with van der Waals surface area (Å²) in [6, 6.07) is 1.99. The number of carboxylic acid groups (broad SMARTS) is 1. The van der Waals surface area contributed by atoms with Crippen LogP contribution < -0.4 is 0 Å². The maximum Gasteiger partial charge on any atom is 0.371 e. The van der Waals surface area contributed by atoms with E-state index in [0.29, 0.717) is 0 Å². The topological polar surface area (TPSA) is 84.6 Å². The molecular weight excluding hydrogens is 208 g/mol. The van der Waals surface area contributed by atoms with Gasteiger partial charge in [-0.2, -0.15) is 0 Å². The molecule has 0 aliphatic carbocycles. The number of carboxylic acids is 1. The van der Waals surface area contributed by atoms with Crippen LogP contribution in [0.4, 0.5) is 0 Å². The largest absolute Gasteiger partial charge is 0.475 e. The monoisotopic (exact) mass is 210 g/mol. The summed E-state index contributed by atoms with van der Waals surface area (Å²) in [6.07, 6.45) is 0. The van der Waals surface area contributed by atoms with E-state index >= 15 is 0 Å². The minimum Gasteiger partial charge on any atom is -0.475 e. The van der Waals surface area contributed by atoms with Gasteiger partial charge in [-0.3, -0.25) is 0 Å². The smallest absolute Gasteiger partial charge is 0.371 e. The highest BCUT2D eigenvalue weighted by molar-refractivity contribution is 8.13. The van der Waals surface area contributed by atoms with Crippen LogP contribution in [0, 0.1) is 0 Å². The fraction of sp³-hybridized carbons (Fsp3) is 0. The summed E-state index contributed by atoms with van der Waals surface area (Å²) in [7, 11) is 0.889. The Morgan fingerprint density at radius 1 is 1.50 bits per heavy atom. The zero-order chi connectivity index (χ0) is 9.35. The van der Waals surface area contributed by atoms with Crippen LogP contribution in [0.15, 0.2) is 21.6 Å². The summed E-state index contributed by atoms with van der Waals surface area (Å²) >= 11 is 0. The first-order chi connectivity index (χ1) is 5.41. The van der Waals surface area contributed by atoms with E-state index in [1.807, 2.05) is 0 Å². The lowest BCUT2D eigenvalue weighted by atomic mass is 10.5. The van der Waals surface area contributed by atoms with Crippen molar-refractivity contribution in [3.8, 4) is 0 Å². The Morgan fingerprint density at radius 3 is 2.33 bits per heavy atom. The summed E-state index contributed by atoms with van der Waals surface area (Å²) in [5.41, 5.74) is 0. The molecule has 1 heterocycles. The fourth-order valence-electron chi connectivity index (χ4n) is 0.566. The Kier molecular flexibility index (Phi) is 2.12. The third kappa shape index (κ3) is 1.77. The van der Waals surface area contributed by atoms with Gasteiger partial charge in [0, 0.05) is 10.7 Å². The molecule has 1 rings (SSSR count). The Morgan fingerprint density at radius 2 is 2.08 bits per heavy atom. The molecular formula is C5H3ClO5S. The van der Waals surface area contributed by atoms with Crippen LogP contribution in [-0.4, -0.2) is 19.5 Å². The summed E-state index contributed by atoms with van der Waals surface area (Å²) in [5.74, 6) is -1.81. The second-order valence-corrected chi connectivity index (χ2v) is 4.36. The number of aromatic carboxylic acids is 1. The van der Waals surface area contributed by atoms with Crippen molar-refractivity contribution in [2.24, 2.45) is 0 Å². The standard InChI is InChI=1S/C5H3ClO5S/c6-12(9,10)4-2-1-3(11-4)5(7)8/h1-2H,(H,7,8). The van der Waals surface area contributed by atoms with Crippen LogP contribution in [0.5, 0.6) is 0 Å². The summed E-state index contributed by atoms with van der Waals surface area (Å²) in [5, 5.41) is 7.76. The van der Waals surface area contributed by atoms with E-state index in [2.05, 4.69) is 4.42 Å². The maximum absolute atomic E-state index is 10.5. The lowest BCUT2D eigenvalue weighted by molar-refractivity contribution is 0.0656. The number of halogens is 1. The molecule has 1 aromatic rings. The van der Waals surface area contributed by atoms with Gasteiger partial charge in [0.05, 0.1) is 0 Å². The number of hydrogen-bond acceptors (Lipinski definition) is 4. The molecule has 0 aliphatic heterocycles. The third-order valence-electron chi connectivity index (χ3n) is 1.03. The Hall–Kier alpha value is -1.01. The zero-order valence-electron chi connectivity index (χ0n) is 5.52.